The van der Waals surface area contributed by atoms with Crippen LogP contribution < -0.4 is 0 Å². The third-order valence-electron chi connectivity index (χ3n) is 5.31. The first kappa shape index (κ1) is 7.49. The van der Waals surface area contributed by atoms with Gasteiger partial charge < -0.3 is 5.11 Å². The number of carbonyl (C=O) groups excluding carboxylic acids is 1. The lowest BCUT2D eigenvalue weighted by molar-refractivity contribution is -0.119. The van der Waals surface area contributed by atoms with Crippen LogP contribution in [0.15, 0.2) is 11.8 Å². The molecule has 0 aliphatic heterocycles. The van der Waals surface area contributed by atoms with Gasteiger partial charge in [0.25, 0.3) is 0 Å². The van der Waals surface area contributed by atoms with Gasteiger partial charge in [-0.3, -0.25) is 4.79 Å². The maximum atomic E-state index is 11.7. The normalized spacial score (nSPS) is 51.1. The fourth-order valence-corrected chi connectivity index (χ4v) is 4.77. The molecule has 0 aromatic heterocycles. The zero-order valence-electron chi connectivity index (χ0n) is 8.07. The Hall–Kier alpha value is -0.790. The number of hydrogen-bond acceptors (Lipinski definition) is 2. The molecule has 3 saturated carbocycles. The number of fused-ring (bicyclic) bond motifs is 3. The van der Waals surface area contributed by atoms with Crippen LogP contribution >= 0.6 is 0 Å². The number of ketones is 1. The largest absolute Gasteiger partial charge is 0.512 e. The Morgan fingerprint density at radius 1 is 1.21 bits per heavy atom. The van der Waals surface area contributed by atoms with Crippen molar-refractivity contribution in [2.45, 2.75) is 25.7 Å². The third-order valence-corrected chi connectivity index (χ3v) is 5.31. The highest BCUT2D eigenvalue weighted by Crippen LogP contribution is 2.76. The van der Waals surface area contributed by atoms with Gasteiger partial charge in [-0.1, -0.05) is 0 Å². The number of aliphatic hydroxyl groups is 1. The molecular weight excluding hydrogens is 176 g/mol. The Bertz CT molecular complexity index is 365. The third kappa shape index (κ3) is 0.572. The Morgan fingerprint density at radius 3 is 2.43 bits per heavy atom. The minimum atomic E-state index is 0.177. The SMILES string of the molecule is O=C1C=C(O)[C@H]2[C@H]1[C@H]1CC[C@H]2C12CC2. The van der Waals surface area contributed by atoms with Crippen molar-refractivity contribution in [3.8, 4) is 0 Å². The first-order valence-electron chi connectivity index (χ1n) is 5.68. The number of allylic oxidation sites excluding steroid dienone is 2. The van der Waals surface area contributed by atoms with Crippen molar-refractivity contribution in [2.24, 2.45) is 29.1 Å². The lowest BCUT2D eigenvalue weighted by atomic mass is 9.80. The van der Waals surface area contributed by atoms with E-state index in [4.69, 9.17) is 0 Å². The number of aliphatic hydroxyl groups excluding tert-OH is 1. The summed E-state index contributed by atoms with van der Waals surface area (Å²) in [7, 11) is 0. The average Bonchev–Trinajstić information content (AvgIpc) is 2.72. The first-order chi connectivity index (χ1) is 6.74. The van der Waals surface area contributed by atoms with Crippen LogP contribution in [-0.2, 0) is 4.79 Å². The number of hydrogen-bond donors (Lipinski definition) is 1. The molecule has 4 aliphatic rings. The van der Waals surface area contributed by atoms with Crippen LogP contribution in [0.1, 0.15) is 25.7 Å². The van der Waals surface area contributed by atoms with Gasteiger partial charge in [-0.15, -0.1) is 0 Å². The van der Waals surface area contributed by atoms with Crippen LogP contribution in [0.3, 0.4) is 0 Å². The lowest BCUT2D eigenvalue weighted by Crippen LogP contribution is -2.24. The van der Waals surface area contributed by atoms with Gasteiger partial charge in [0.15, 0.2) is 5.78 Å². The van der Waals surface area contributed by atoms with Gasteiger partial charge >= 0.3 is 0 Å². The lowest BCUT2D eigenvalue weighted by Gasteiger charge is -2.23. The Balaban J connectivity index is 1.86. The Kier molecular flexibility index (Phi) is 1.03. The van der Waals surface area contributed by atoms with Gasteiger partial charge in [-0.05, 0) is 42.9 Å². The molecule has 14 heavy (non-hydrogen) atoms. The van der Waals surface area contributed by atoms with E-state index < -0.39 is 0 Å². The summed E-state index contributed by atoms with van der Waals surface area (Å²) in [5.74, 6) is 2.27. The molecule has 3 fully saturated rings. The number of rotatable bonds is 0. The molecule has 0 amide bonds. The zero-order chi connectivity index (χ0) is 9.50. The van der Waals surface area contributed by atoms with E-state index in [-0.39, 0.29) is 17.6 Å². The molecule has 4 aliphatic carbocycles. The van der Waals surface area contributed by atoms with Gasteiger partial charge in [0.05, 0.1) is 5.76 Å². The average molecular weight is 190 g/mol. The van der Waals surface area contributed by atoms with Crippen LogP contribution in [0.4, 0.5) is 0 Å². The van der Waals surface area contributed by atoms with Crippen LogP contribution in [0.5, 0.6) is 0 Å². The van der Waals surface area contributed by atoms with Crippen LogP contribution in [0.2, 0.25) is 0 Å². The quantitative estimate of drug-likeness (QED) is 0.635. The molecule has 0 saturated heterocycles. The molecule has 2 bridgehead atoms. The second-order valence-electron chi connectivity index (χ2n) is 5.55. The van der Waals surface area contributed by atoms with Gasteiger partial charge in [0, 0.05) is 17.9 Å². The summed E-state index contributed by atoms with van der Waals surface area (Å²) in [6.07, 6.45) is 6.61. The predicted octanol–water partition coefficient (Wildman–Crippen LogP) is 2.06. The molecule has 1 N–H and O–H groups in total. The summed E-state index contributed by atoms with van der Waals surface area (Å²) in [4.78, 5) is 11.7. The molecule has 2 heteroatoms. The molecule has 1 spiro atoms. The van der Waals surface area contributed by atoms with Crippen molar-refractivity contribution in [2.75, 3.05) is 0 Å². The molecule has 74 valence electrons. The molecule has 4 rings (SSSR count). The molecule has 0 aromatic carbocycles. The minimum Gasteiger partial charge on any atom is -0.512 e. The van der Waals surface area contributed by atoms with Crippen molar-refractivity contribution in [3.63, 3.8) is 0 Å². The standard InChI is InChI=1S/C12H14O2/c13-8-5-9(14)11-7-2-1-6(10(8)11)12(7)3-4-12/h5-7,10-11,13H,1-4H2/t6-,7-,10+,11+/m1/s1. The molecule has 0 aromatic rings. The van der Waals surface area contributed by atoms with Gasteiger partial charge in [-0.25, -0.2) is 0 Å². The van der Waals surface area contributed by atoms with E-state index in [0.29, 0.717) is 23.0 Å². The fourth-order valence-electron chi connectivity index (χ4n) is 4.77. The molecule has 0 radical (unpaired) electrons. The summed E-state index contributed by atoms with van der Waals surface area (Å²) >= 11 is 0. The maximum absolute atomic E-state index is 11.7. The van der Waals surface area contributed by atoms with Crippen LogP contribution in [-0.4, -0.2) is 10.9 Å². The predicted molar refractivity (Wildman–Crippen MR) is 50.6 cm³/mol. The van der Waals surface area contributed by atoms with E-state index >= 15 is 0 Å². The summed E-state index contributed by atoms with van der Waals surface area (Å²) in [5.41, 5.74) is 0.507. The highest BCUT2D eigenvalue weighted by atomic mass is 16.3. The second kappa shape index (κ2) is 1.93. The van der Waals surface area contributed by atoms with E-state index in [1.165, 1.54) is 31.8 Å². The van der Waals surface area contributed by atoms with Crippen molar-refractivity contribution in [1.29, 1.82) is 0 Å². The molecule has 0 unspecified atom stereocenters. The Morgan fingerprint density at radius 2 is 1.86 bits per heavy atom. The topological polar surface area (TPSA) is 37.3 Å². The maximum Gasteiger partial charge on any atom is 0.163 e. The number of carbonyl (C=O) groups is 1. The molecule has 4 atom stereocenters. The first-order valence-corrected chi connectivity index (χ1v) is 5.68. The molecule has 2 nitrogen and oxygen atoms in total. The zero-order valence-corrected chi connectivity index (χ0v) is 8.07. The second-order valence-corrected chi connectivity index (χ2v) is 5.55. The van der Waals surface area contributed by atoms with Crippen molar-refractivity contribution >= 4 is 5.78 Å². The van der Waals surface area contributed by atoms with Crippen molar-refractivity contribution < 1.29 is 9.90 Å². The van der Waals surface area contributed by atoms with Crippen molar-refractivity contribution in [1.82, 2.24) is 0 Å². The molecule has 0 heterocycles. The smallest absolute Gasteiger partial charge is 0.163 e. The summed E-state index contributed by atoms with van der Waals surface area (Å²) in [6, 6.07) is 0. The van der Waals surface area contributed by atoms with Crippen molar-refractivity contribution in [3.05, 3.63) is 11.8 Å². The van der Waals surface area contributed by atoms with Gasteiger partial charge in [0.2, 0.25) is 0 Å². The van der Waals surface area contributed by atoms with E-state index in [1.54, 1.807) is 0 Å². The van der Waals surface area contributed by atoms with E-state index in [2.05, 4.69) is 0 Å². The van der Waals surface area contributed by atoms with Crippen LogP contribution in [0, 0.1) is 29.1 Å². The highest BCUT2D eigenvalue weighted by molar-refractivity contribution is 5.96. The summed E-state index contributed by atoms with van der Waals surface area (Å²) < 4.78 is 0. The highest BCUT2D eigenvalue weighted by Gasteiger charge is 2.71. The van der Waals surface area contributed by atoms with Gasteiger partial charge in [-0.2, -0.15) is 0 Å². The van der Waals surface area contributed by atoms with Crippen LogP contribution in [0.25, 0.3) is 0 Å². The summed E-state index contributed by atoms with van der Waals surface area (Å²) in [6.45, 7) is 0. The van der Waals surface area contributed by atoms with Gasteiger partial charge in [0.1, 0.15) is 0 Å². The minimum absolute atomic E-state index is 0.177. The van der Waals surface area contributed by atoms with E-state index in [0.717, 1.165) is 0 Å². The van der Waals surface area contributed by atoms with E-state index in [1.807, 2.05) is 0 Å². The Labute approximate surface area is 83.0 Å². The fraction of sp³-hybridized carbons (Fsp3) is 0.750. The molecular formula is C12H14O2. The summed E-state index contributed by atoms with van der Waals surface area (Å²) in [5, 5.41) is 9.79. The monoisotopic (exact) mass is 190 g/mol. The van der Waals surface area contributed by atoms with E-state index in [9.17, 15) is 9.90 Å².